The summed E-state index contributed by atoms with van der Waals surface area (Å²) in [7, 11) is 0. The highest BCUT2D eigenvalue weighted by atomic mass is 15.2. The second kappa shape index (κ2) is 7.31. The Labute approximate surface area is 145 Å². The van der Waals surface area contributed by atoms with Crippen molar-refractivity contribution < 1.29 is 0 Å². The minimum absolute atomic E-state index is 0.669. The molecule has 0 saturated carbocycles. The Balaban J connectivity index is 1.71. The molecule has 2 aromatic rings. The molecule has 3 heterocycles. The van der Waals surface area contributed by atoms with Crippen LogP contribution in [0.1, 0.15) is 43.2 Å². The lowest BCUT2D eigenvalue weighted by Crippen LogP contribution is -2.47. The molecular formula is C22H26N2. The number of hydrogen-bond donors (Lipinski definition) is 0. The molecule has 2 nitrogen and oxygen atoms in total. The highest BCUT2D eigenvalue weighted by molar-refractivity contribution is 5.79. The molecule has 1 aromatic carbocycles. The van der Waals surface area contributed by atoms with E-state index in [0.29, 0.717) is 5.92 Å². The highest BCUT2D eigenvalue weighted by Crippen LogP contribution is 2.35. The van der Waals surface area contributed by atoms with E-state index in [4.69, 9.17) is 0 Å². The molecule has 2 fully saturated rings. The fraction of sp³-hybridized carbons (Fsp3) is 0.409. The lowest BCUT2D eigenvalue weighted by molar-refractivity contribution is 0.0786. The van der Waals surface area contributed by atoms with Gasteiger partial charge in [0.05, 0.1) is 0 Å². The molecule has 24 heavy (non-hydrogen) atoms. The fourth-order valence-corrected chi connectivity index (χ4v) is 4.42. The molecule has 0 unspecified atom stereocenters. The van der Waals surface area contributed by atoms with E-state index >= 15 is 0 Å². The van der Waals surface area contributed by atoms with E-state index in [1.165, 1.54) is 61.9 Å². The predicted molar refractivity (Wildman–Crippen MR) is 99.7 cm³/mol. The smallest absolute Gasteiger partial charge is 0.0273 e. The van der Waals surface area contributed by atoms with Crippen LogP contribution in [-0.4, -0.2) is 29.0 Å². The zero-order valence-electron chi connectivity index (χ0n) is 14.3. The number of piperidine rings is 2. The van der Waals surface area contributed by atoms with Gasteiger partial charge in [-0.3, -0.25) is 9.88 Å². The number of pyridine rings is 1. The molecule has 2 aliphatic heterocycles. The van der Waals surface area contributed by atoms with Crippen LogP contribution in [-0.2, 0) is 0 Å². The summed E-state index contributed by atoms with van der Waals surface area (Å²) in [6.45, 7) is 2.59. The first-order chi connectivity index (χ1) is 11.9. The van der Waals surface area contributed by atoms with Crippen molar-refractivity contribution in [2.24, 2.45) is 5.92 Å². The topological polar surface area (TPSA) is 16.1 Å². The van der Waals surface area contributed by atoms with Gasteiger partial charge in [-0.25, -0.2) is 0 Å². The summed E-state index contributed by atoms with van der Waals surface area (Å²) >= 11 is 0. The van der Waals surface area contributed by atoms with E-state index in [1.807, 2.05) is 12.4 Å². The molecule has 2 atom stereocenters. The Kier molecular flexibility index (Phi) is 4.75. The zero-order valence-corrected chi connectivity index (χ0v) is 14.3. The molecule has 2 heteroatoms. The van der Waals surface area contributed by atoms with Crippen molar-refractivity contribution in [1.82, 2.24) is 9.88 Å². The maximum Gasteiger partial charge on any atom is 0.0273 e. The Hall–Kier alpha value is -1.93. The number of hydrogen-bond acceptors (Lipinski definition) is 2. The van der Waals surface area contributed by atoms with Gasteiger partial charge in [0.15, 0.2) is 0 Å². The first-order valence-corrected chi connectivity index (χ1v) is 9.33. The van der Waals surface area contributed by atoms with Gasteiger partial charge in [-0.15, -0.1) is 0 Å². The third-order valence-corrected chi connectivity index (χ3v) is 5.60. The van der Waals surface area contributed by atoms with Gasteiger partial charge >= 0.3 is 0 Å². The second-order valence-electron chi connectivity index (χ2n) is 7.09. The fourth-order valence-electron chi connectivity index (χ4n) is 4.42. The van der Waals surface area contributed by atoms with Crippen molar-refractivity contribution in [3.63, 3.8) is 0 Å². The average Bonchev–Trinajstić information content (AvgIpc) is 2.67. The first kappa shape index (κ1) is 15.6. The van der Waals surface area contributed by atoms with Gasteiger partial charge in [0.25, 0.3) is 0 Å². The molecule has 0 aliphatic carbocycles. The van der Waals surface area contributed by atoms with Crippen LogP contribution in [0.25, 0.3) is 5.57 Å². The molecule has 0 radical (unpaired) electrons. The van der Waals surface area contributed by atoms with Crippen LogP contribution in [0, 0.1) is 5.92 Å². The summed E-state index contributed by atoms with van der Waals surface area (Å²) in [5.74, 6) is 0.669. The summed E-state index contributed by atoms with van der Waals surface area (Å²) in [6, 6.07) is 15.9. The minimum atomic E-state index is 0.669. The van der Waals surface area contributed by atoms with E-state index in [9.17, 15) is 0 Å². The number of benzene rings is 1. The van der Waals surface area contributed by atoms with E-state index in [1.54, 1.807) is 0 Å². The monoisotopic (exact) mass is 318 g/mol. The quantitative estimate of drug-likeness (QED) is 0.810. The van der Waals surface area contributed by atoms with E-state index in [-0.39, 0.29) is 0 Å². The Bertz CT molecular complexity index is 634. The van der Waals surface area contributed by atoms with Gasteiger partial charge in [-0.1, -0.05) is 42.8 Å². The summed E-state index contributed by atoms with van der Waals surface area (Å²) in [6.07, 6.45) is 13.1. The van der Waals surface area contributed by atoms with Gasteiger partial charge in [0.2, 0.25) is 0 Å². The Morgan fingerprint density at radius 3 is 2.46 bits per heavy atom. The predicted octanol–water partition coefficient (Wildman–Crippen LogP) is 4.78. The lowest BCUT2D eigenvalue weighted by atomic mass is 9.81. The summed E-state index contributed by atoms with van der Waals surface area (Å²) in [5.41, 5.74) is 3.97. The second-order valence-corrected chi connectivity index (χ2v) is 7.09. The summed E-state index contributed by atoms with van der Waals surface area (Å²) in [5, 5.41) is 0. The van der Waals surface area contributed by atoms with Crippen LogP contribution in [0.4, 0.5) is 0 Å². The molecule has 0 N–H and O–H groups in total. The molecule has 2 aliphatic rings. The molecule has 4 rings (SSSR count). The molecule has 0 spiro atoms. The molecular weight excluding hydrogens is 292 g/mol. The van der Waals surface area contributed by atoms with Crippen LogP contribution < -0.4 is 0 Å². The van der Waals surface area contributed by atoms with Gasteiger partial charge in [0, 0.05) is 18.4 Å². The third kappa shape index (κ3) is 3.29. The largest absolute Gasteiger partial charge is 0.300 e. The van der Waals surface area contributed by atoms with Crippen molar-refractivity contribution in [3.05, 3.63) is 72.1 Å². The van der Waals surface area contributed by atoms with Gasteiger partial charge in [-0.2, -0.15) is 0 Å². The maximum absolute atomic E-state index is 4.20. The van der Waals surface area contributed by atoms with Crippen LogP contribution >= 0.6 is 0 Å². The summed E-state index contributed by atoms with van der Waals surface area (Å²) < 4.78 is 0. The van der Waals surface area contributed by atoms with Crippen molar-refractivity contribution in [3.8, 4) is 0 Å². The zero-order chi connectivity index (χ0) is 16.2. The normalized spacial score (nSPS) is 25.2. The minimum Gasteiger partial charge on any atom is -0.300 e. The van der Waals surface area contributed by atoms with Gasteiger partial charge in [-0.05, 0) is 73.5 Å². The summed E-state index contributed by atoms with van der Waals surface area (Å²) in [4.78, 5) is 6.94. The van der Waals surface area contributed by atoms with E-state index < -0.39 is 0 Å². The van der Waals surface area contributed by atoms with Crippen molar-refractivity contribution in [1.29, 1.82) is 0 Å². The highest BCUT2D eigenvalue weighted by Gasteiger charge is 2.32. The van der Waals surface area contributed by atoms with Crippen LogP contribution in [0.2, 0.25) is 0 Å². The Morgan fingerprint density at radius 1 is 0.875 bits per heavy atom. The average molecular weight is 318 g/mol. The van der Waals surface area contributed by atoms with Gasteiger partial charge < -0.3 is 0 Å². The molecule has 124 valence electrons. The van der Waals surface area contributed by atoms with Crippen molar-refractivity contribution in [2.75, 3.05) is 13.1 Å². The Morgan fingerprint density at radius 2 is 1.62 bits per heavy atom. The number of aromatic nitrogens is 1. The standard InChI is InChI=1S/C22H26N2/c1-2-7-18(8-3-1)21(19-11-13-23-14-12-19)17-20-9-6-16-24-15-5-4-10-22(20)24/h1-3,7-8,11-14,17,20,22H,4-6,9-10,15-16H2/b21-17-/t20-,22+/m0/s1. The van der Waals surface area contributed by atoms with Crippen LogP contribution in [0.3, 0.4) is 0 Å². The van der Waals surface area contributed by atoms with Crippen molar-refractivity contribution in [2.45, 2.75) is 38.1 Å². The maximum atomic E-state index is 4.20. The molecule has 0 amide bonds. The first-order valence-electron chi connectivity index (χ1n) is 9.33. The number of rotatable bonds is 3. The SMILES string of the molecule is C(=C(\c1ccccc1)c1ccncc1)/[C@@H]1CCCN2CCCC[C@H]12. The molecule has 1 aromatic heterocycles. The van der Waals surface area contributed by atoms with E-state index in [2.05, 4.69) is 58.4 Å². The van der Waals surface area contributed by atoms with Crippen LogP contribution in [0.15, 0.2) is 60.9 Å². The third-order valence-electron chi connectivity index (χ3n) is 5.60. The molecule has 0 bridgehead atoms. The lowest BCUT2D eigenvalue weighted by Gasteiger charge is -2.43. The number of fused-ring (bicyclic) bond motifs is 1. The van der Waals surface area contributed by atoms with Crippen molar-refractivity contribution >= 4 is 5.57 Å². The van der Waals surface area contributed by atoms with E-state index in [0.717, 1.165) is 6.04 Å². The molecule has 2 saturated heterocycles. The van der Waals surface area contributed by atoms with Gasteiger partial charge in [0.1, 0.15) is 0 Å². The van der Waals surface area contributed by atoms with Crippen LogP contribution in [0.5, 0.6) is 0 Å². The number of nitrogens with zero attached hydrogens (tertiary/aromatic N) is 2.